The Kier molecular flexibility index (Phi) is 5.14. The summed E-state index contributed by atoms with van der Waals surface area (Å²) < 4.78 is 6.28. The number of hydrogen-bond acceptors (Lipinski definition) is 2. The molecule has 1 aromatic carbocycles. The molecular weight excluding hydrogens is 314 g/mol. The third-order valence-corrected chi connectivity index (χ3v) is 5.41. The molecule has 0 radical (unpaired) electrons. The molecule has 112 valence electrons. The first-order valence-corrected chi connectivity index (χ1v) is 8.31. The van der Waals surface area contributed by atoms with E-state index < -0.39 is 0 Å². The van der Waals surface area contributed by atoms with Crippen LogP contribution in [0.25, 0.3) is 0 Å². The first kappa shape index (κ1) is 15.8. The molecule has 1 fully saturated rings. The van der Waals surface area contributed by atoms with Crippen molar-refractivity contribution in [2.75, 3.05) is 7.11 Å². The van der Waals surface area contributed by atoms with Crippen molar-refractivity contribution >= 4 is 15.9 Å². The number of halogens is 1. The molecule has 1 aliphatic rings. The van der Waals surface area contributed by atoms with E-state index in [-0.39, 0.29) is 6.04 Å². The number of methoxy groups -OCH3 is 1. The number of ether oxygens (including phenoxy) is 1. The van der Waals surface area contributed by atoms with E-state index in [1.54, 1.807) is 7.11 Å². The van der Waals surface area contributed by atoms with Gasteiger partial charge in [0, 0.05) is 6.04 Å². The van der Waals surface area contributed by atoms with Gasteiger partial charge >= 0.3 is 0 Å². The Bertz CT molecular complexity index is 458. The van der Waals surface area contributed by atoms with E-state index in [9.17, 15) is 0 Å². The summed E-state index contributed by atoms with van der Waals surface area (Å²) in [7, 11) is 1.69. The van der Waals surface area contributed by atoms with Crippen molar-refractivity contribution in [1.82, 2.24) is 0 Å². The Balaban J connectivity index is 2.07. The van der Waals surface area contributed by atoms with Crippen LogP contribution in [0.1, 0.15) is 45.1 Å². The van der Waals surface area contributed by atoms with Crippen molar-refractivity contribution in [3.8, 4) is 5.75 Å². The smallest absolute Gasteiger partial charge is 0.133 e. The van der Waals surface area contributed by atoms with E-state index in [1.165, 1.54) is 31.2 Å². The topological polar surface area (TPSA) is 35.2 Å². The van der Waals surface area contributed by atoms with Gasteiger partial charge in [-0.1, -0.05) is 32.8 Å². The van der Waals surface area contributed by atoms with Crippen LogP contribution in [0, 0.1) is 11.3 Å². The lowest BCUT2D eigenvalue weighted by atomic mass is 9.65. The first-order valence-electron chi connectivity index (χ1n) is 7.52. The largest absolute Gasteiger partial charge is 0.496 e. The average molecular weight is 340 g/mol. The summed E-state index contributed by atoms with van der Waals surface area (Å²) in [6.45, 7) is 4.75. The molecule has 2 N–H and O–H groups in total. The minimum Gasteiger partial charge on any atom is -0.496 e. The van der Waals surface area contributed by atoms with Crippen molar-refractivity contribution in [3.63, 3.8) is 0 Å². The molecule has 2 unspecified atom stereocenters. The SMILES string of the molecule is COc1ccc(CC(N)C2CCCCC2(C)C)cc1Br. The molecular formula is C17H26BrNO. The molecule has 0 aromatic heterocycles. The van der Waals surface area contributed by atoms with E-state index in [4.69, 9.17) is 10.5 Å². The van der Waals surface area contributed by atoms with Crippen molar-refractivity contribution in [3.05, 3.63) is 28.2 Å². The fourth-order valence-corrected chi connectivity index (χ4v) is 4.15. The lowest BCUT2D eigenvalue weighted by molar-refractivity contribution is 0.112. The van der Waals surface area contributed by atoms with Gasteiger partial charge in [0.15, 0.2) is 0 Å². The van der Waals surface area contributed by atoms with E-state index in [2.05, 4.69) is 41.9 Å². The predicted molar refractivity (Wildman–Crippen MR) is 88.1 cm³/mol. The molecule has 2 rings (SSSR count). The third-order valence-electron chi connectivity index (χ3n) is 4.79. The fourth-order valence-electron chi connectivity index (χ4n) is 3.57. The van der Waals surface area contributed by atoms with Gasteiger partial charge in [-0.25, -0.2) is 0 Å². The molecule has 1 aromatic rings. The highest BCUT2D eigenvalue weighted by atomic mass is 79.9. The van der Waals surface area contributed by atoms with Gasteiger partial charge in [0.2, 0.25) is 0 Å². The van der Waals surface area contributed by atoms with E-state index in [1.807, 2.05) is 6.07 Å². The maximum absolute atomic E-state index is 6.53. The molecule has 0 bridgehead atoms. The monoisotopic (exact) mass is 339 g/mol. The van der Waals surface area contributed by atoms with Gasteiger partial charge in [-0.05, 0) is 64.2 Å². The molecule has 0 aliphatic heterocycles. The molecule has 20 heavy (non-hydrogen) atoms. The van der Waals surface area contributed by atoms with Gasteiger partial charge in [-0.3, -0.25) is 0 Å². The van der Waals surface area contributed by atoms with E-state index in [0.29, 0.717) is 11.3 Å². The summed E-state index contributed by atoms with van der Waals surface area (Å²) in [4.78, 5) is 0. The van der Waals surface area contributed by atoms with Crippen LogP contribution < -0.4 is 10.5 Å². The Hall–Kier alpha value is -0.540. The van der Waals surface area contributed by atoms with Crippen molar-refractivity contribution in [1.29, 1.82) is 0 Å². The molecule has 1 saturated carbocycles. The second-order valence-corrected chi connectivity index (χ2v) is 7.53. The summed E-state index contributed by atoms with van der Waals surface area (Å²) >= 11 is 3.55. The van der Waals surface area contributed by atoms with Crippen LogP contribution in [0.15, 0.2) is 22.7 Å². The highest BCUT2D eigenvalue weighted by Gasteiger charge is 2.35. The lowest BCUT2D eigenvalue weighted by Crippen LogP contribution is -2.42. The Morgan fingerprint density at radius 2 is 2.15 bits per heavy atom. The summed E-state index contributed by atoms with van der Waals surface area (Å²) in [5, 5.41) is 0. The minimum absolute atomic E-state index is 0.241. The fraction of sp³-hybridized carbons (Fsp3) is 0.647. The zero-order chi connectivity index (χ0) is 14.8. The zero-order valence-corrected chi connectivity index (χ0v) is 14.4. The summed E-state index contributed by atoms with van der Waals surface area (Å²) in [6.07, 6.45) is 6.19. The first-order chi connectivity index (χ1) is 9.44. The summed E-state index contributed by atoms with van der Waals surface area (Å²) in [6, 6.07) is 6.51. The van der Waals surface area contributed by atoms with Crippen LogP contribution in [0.2, 0.25) is 0 Å². The summed E-state index contributed by atoms with van der Waals surface area (Å²) in [5.41, 5.74) is 8.19. The highest BCUT2D eigenvalue weighted by molar-refractivity contribution is 9.10. The number of rotatable bonds is 4. The minimum atomic E-state index is 0.241. The zero-order valence-electron chi connectivity index (χ0n) is 12.8. The van der Waals surface area contributed by atoms with Gasteiger partial charge in [0.1, 0.15) is 5.75 Å². The maximum Gasteiger partial charge on any atom is 0.133 e. The highest BCUT2D eigenvalue weighted by Crippen LogP contribution is 2.42. The van der Waals surface area contributed by atoms with Crippen LogP contribution in [0.4, 0.5) is 0 Å². The van der Waals surface area contributed by atoms with Gasteiger partial charge in [0.05, 0.1) is 11.6 Å². The Morgan fingerprint density at radius 3 is 2.75 bits per heavy atom. The van der Waals surface area contributed by atoms with E-state index in [0.717, 1.165) is 16.6 Å². The molecule has 0 heterocycles. The molecule has 2 nitrogen and oxygen atoms in total. The van der Waals surface area contributed by atoms with Gasteiger partial charge in [-0.2, -0.15) is 0 Å². The molecule has 1 aliphatic carbocycles. The maximum atomic E-state index is 6.53. The predicted octanol–water partition coefficient (Wildman–Crippen LogP) is 4.54. The number of nitrogens with two attached hydrogens (primary N) is 1. The van der Waals surface area contributed by atoms with Crippen LogP contribution in [0.5, 0.6) is 5.75 Å². The molecule has 3 heteroatoms. The molecule has 0 spiro atoms. The lowest BCUT2D eigenvalue weighted by Gasteiger charge is -2.42. The normalized spacial score (nSPS) is 23.4. The molecule has 2 atom stereocenters. The van der Waals surface area contributed by atoms with Crippen LogP contribution in [-0.4, -0.2) is 13.2 Å². The van der Waals surface area contributed by atoms with E-state index >= 15 is 0 Å². The Labute approximate surface area is 131 Å². The van der Waals surface area contributed by atoms with Gasteiger partial charge < -0.3 is 10.5 Å². The quantitative estimate of drug-likeness (QED) is 0.873. The standard InChI is InChI=1S/C17H26BrNO/c1-17(2)9-5-4-6-13(17)15(19)11-12-7-8-16(20-3)14(18)10-12/h7-8,10,13,15H,4-6,9,11,19H2,1-3H3. The summed E-state index contributed by atoms with van der Waals surface area (Å²) in [5.74, 6) is 1.50. The van der Waals surface area contributed by atoms with Crippen LogP contribution >= 0.6 is 15.9 Å². The van der Waals surface area contributed by atoms with Gasteiger partial charge in [0.25, 0.3) is 0 Å². The van der Waals surface area contributed by atoms with Crippen LogP contribution in [-0.2, 0) is 6.42 Å². The second-order valence-electron chi connectivity index (χ2n) is 6.68. The van der Waals surface area contributed by atoms with Crippen LogP contribution in [0.3, 0.4) is 0 Å². The molecule has 0 saturated heterocycles. The average Bonchev–Trinajstić information content (AvgIpc) is 2.38. The van der Waals surface area contributed by atoms with Gasteiger partial charge in [-0.15, -0.1) is 0 Å². The van der Waals surface area contributed by atoms with Crippen molar-refractivity contribution < 1.29 is 4.74 Å². The third kappa shape index (κ3) is 3.56. The molecule has 0 amide bonds. The second kappa shape index (κ2) is 6.48. The van der Waals surface area contributed by atoms with Crippen molar-refractivity contribution in [2.45, 2.75) is 52.0 Å². The number of hydrogen-bond donors (Lipinski definition) is 1. The Morgan fingerprint density at radius 1 is 1.40 bits per heavy atom. The number of benzene rings is 1. The van der Waals surface area contributed by atoms with Crippen molar-refractivity contribution in [2.24, 2.45) is 17.1 Å².